The van der Waals surface area contributed by atoms with Gasteiger partial charge in [0.05, 0.1) is 38.0 Å². The fourth-order valence-corrected chi connectivity index (χ4v) is 9.03. The van der Waals surface area contributed by atoms with E-state index in [0.717, 1.165) is 12.0 Å². The summed E-state index contributed by atoms with van der Waals surface area (Å²) in [6.07, 6.45) is -1.03. The third kappa shape index (κ3) is 7.45. The molecule has 4 aromatic carbocycles. The molecule has 2 saturated heterocycles. The maximum absolute atomic E-state index is 16.1. The van der Waals surface area contributed by atoms with Gasteiger partial charge in [0.2, 0.25) is 5.91 Å². The zero-order valence-electron chi connectivity index (χ0n) is 34.0. The molecular formula is C46H45N5O11. The van der Waals surface area contributed by atoms with E-state index in [1.54, 1.807) is 85.5 Å². The molecule has 62 heavy (non-hydrogen) atoms. The van der Waals surface area contributed by atoms with E-state index < -0.39 is 83.4 Å². The van der Waals surface area contributed by atoms with Gasteiger partial charge < -0.3 is 40.8 Å². The Morgan fingerprint density at radius 2 is 1.58 bits per heavy atom. The predicted octanol–water partition coefficient (Wildman–Crippen LogP) is 3.73. The number of cyclic esters (lactones) is 1. The summed E-state index contributed by atoms with van der Waals surface area (Å²) in [6, 6.07) is 22.0. The van der Waals surface area contributed by atoms with Gasteiger partial charge in [0.25, 0.3) is 0 Å². The average molecular weight is 844 g/mol. The van der Waals surface area contributed by atoms with Crippen LogP contribution in [0.15, 0.2) is 103 Å². The Labute approximate surface area is 356 Å². The number of aliphatic carboxylic acids is 1. The van der Waals surface area contributed by atoms with E-state index >= 15 is 4.79 Å². The molecule has 7 unspecified atom stereocenters. The van der Waals surface area contributed by atoms with Crippen molar-refractivity contribution in [3.05, 3.63) is 131 Å². The molecule has 7 rings (SSSR count). The Morgan fingerprint density at radius 1 is 0.919 bits per heavy atom. The highest BCUT2D eigenvalue weighted by molar-refractivity contribution is 6.25. The van der Waals surface area contributed by atoms with Crippen molar-refractivity contribution in [1.29, 1.82) is 0 Å². The standard InChI is InChI=1S/C46H45N5O11/c1-26(2)35(41(55)60-3)49-45(59)50-32-21-20-27(13-12-22-48-44(47)58)25-31(32)46(43(50)57)34(40(53)54)37-42(56)62-38(29-16-8-5-9-17-29)36(28-14-6-4-7-15-28)51(37)39(46)30-18-10-11-19-33(30)61-24-23-52/h4-11,14-21,25-26,34-39,52H,22-24H2,1-3H3,(H,49,59)(H,53,54)(H3,47,48,58). The van der Waals surface area contributed by atoms with Crippen LogP contribution in [0.1, 0.15) is 59.9 Å². The maximum Gasteiger partial charge on any atom is 0.329 e. The Morgan fingerprint density at radius 3 is 2.21 bits per heavy atom. The van der Waals surface area contributed by atoms with Crippen LogP contribution in [0.5, 0.6) is 5.75 Å². The third-order valence-corrected chi connectivity index (χ3v) is 11.5. The van der Waals surface area contributed by atoms with Gasteiger partial charge in [-0.3, -0.25) is 19.3 Å². The molecule has 4 aromatic rings. The van der Waals surface area contributed by atoms with Crippen LogP contribution >= 0.6 is 0 Å². The number of para-hydroxylation sites is 1. The molecule has 16 nitrogen and oxygen atoms in total. The lowest BCUT2D eigenvalue weighted by molar-refractivity contribution is -0.179. The number of morpholine rings is 1. The van der Waals surface area contributed by atoms with Gasteiger partial charge in [-0.05, 0) is 46.9 Å². The summed E-state index contributed by atoms with van der Waals surface area (Å²) >= 11 is 0. The predicted molar refractivity (Wildman–Crippen MR) is 222 cm³/mol. The lowest BCUT2D eigenvalue weighted by Gasteiger charge is -2.46. The first-order chi connectivity index (χ1) is 29.9. The van der Waals surface area contributed by atoms with Crippen molar-refractivity contribution in [2.24, 2.45) is 17.6 Å². The highest BCUT2D eigenvalue weighted by Crippen LogP contribution is 2.66. The molecule has 0 aliphatic carbocycles. The van der Waals surface area contributed by atoms with Crippen molar-refractivity contribution >= 4 is 41.6 Å². The molecule has 7 atom stereocenters. The highest BCUT2D eigenvalue weighted by Gasteiger charge is 2.76. The molecule has 0 bridgehead atoms. The minimum Gasteiger partial charge on any atom is -0.491 e. The lowest BCUT2D eigenvalue weighted by Crippen LogP contribution is -2.56. The number of imide groups is 1. The number of primary amides is 1. The molecule has 1 spiro atoms. The van der Waals surface area contributed by atoms with Gasteiger partial charge in [-0.15, -0.1) is 0 Å². The molecule has 3 heterocycles. The first-order valence-electron chi connectivity index (χ1n) is 19.9. The largest absolute Gasteiger partial charge is 0.491 e. The van der Waals surface area contributed by atoms with Gasteiger partial charge in [-0.1, -0.05) is 105 Å². The first-order valence-corrected chi connectivity index (χ1v) is 19.9. The molecule has 6 N–H and O–H groups in total. The number of ether oxygens (including phenoxy) is 3. The normalized spacial score (nSPS) is 23.0. The zero-order valence-corrected chi connectivity index (χ0v) is 34.0. The molecule has 5 amide bonds. The summed E-state index contributed by atoms with van der Waals surface area (Å²) in [6.45, 7) is 2.64. The van der Waals surface area contributed by atoms with Crippen molar-refractivity contribution in [1.82, 2.24) is 15.5 Å². The molecule has 3 aliphatic heterocycles. The number of nitrogens with two attached hydrogens (primary N) is 1. The van der Waals surface area contributed by atoms with Crippen LogP contribution in [0, 0.1) is 23.7 Å². The Hall–Kier alpha value is -7.22. The summed E-state index contributed by atoms with van der Waals surface area (Å²) in [5.74, 6) is -0.815. The number of aliphatic hydroxyl groups excluding tert-OH is 1. The van der Waals surface area contributed by atoms with Crippen LogP contribution in [0.3, 0.4) is 0 Å². The van der Waals surface area contributed by atoms with Crippen LogP contribution in [0.25, 0.3) is 0 Å². The second kappa shape index (κ2) is 17.8. The number of hydrogen-bond acceptors (Lipinski definition) is 11. The number of carboxylic acid groups (broad SMARTS) is 1. The second-order valence-electron chi connectivity index (χ2n) is 15.3. The van der Waals surface area contributed by atoms with Crippen LogP contribution in [-0.4, -0.2) is 89.9 Å². The number of amides is 5. The van der Waals surface area contributed by atoms with Gasteiger partial charge in [-0.25, -0.2) is 19.3 Å². The number of hydrogen-bond donors (Lipinski definition) is 5. The minimum absolute atomic E-state index is 0.0326. The topological polar surface area (TPSA) is 227 Å². The number of nitrogens with zero attached hydrogens (tertiary/aromatic N) is 2. The van der Waals surface area contributed by atoms with E-state index in [1.165, 1.54) is 18.2 Å². The van der Waals surface area contributed by atoms with Crippen molar-refractivity contribution < 1.29 is 53.2 Å². The van der Waals surface area contributed by atoms with Crippen molar-refractivity contribution in [3.8, 4) is 17.6 Å². The summed E-state index contributed by atoms with van der Waals surface area (Å²) < 4.78 is 17.4. The van der Waals surface area contributed by atoms with E-state index in [9.17, 15) is 34.2 Å². The Kier molecular flexibility index (Phi) is 12.3. The number of benzene rings is 4. The van der Waals surface area contributed by atoms with Gasteiger partial charge in [-0.2, -0.15) is 0 Å². The number of anilines is 1. The van der Waals surface area contributed by atoms with E-state index in [4.69, 9.17) is 19.9 Å². The van der Waals surface area contributed by atoms with Crippen molar-refractivity contribution in [2.75, 3.05) is 31.8 Å². The Balaban J connectivity index is 1.57. The van der Waals surface area contributed by atoms with Crippen molar-refractivity contribution in [3.63, 3.8) is 0 Å². The van der Waals surface area contributed by atoms with E-state index in [1.807, 2.05) is 18.2 Å². The number of esters is 2. The molecule has 2 fully saturated rings. The number of rotatable bonds is 11. The first kappa shape index (κ1) is 42.9. The third-order valence-electron chi connectivity index (χ3n) is 11.5. The van der Waals surface area contributed by atoms with Gasteiger partial charge in [0.1, 0.15) is 41.9 Å². The molecule has 16 heteroatoms. The van der Waals surface area contributed by atoms with Gasteiger partial charge in [0.15, 0.2) is 0 Å². The number of methoxy groups -OCH3 is 1. The summed E-state index contributed by atoms with van der Waals surface area (Å²) in [5.41, 5.74) is 4.66. The summed E-state index contributed by atoms with van der Waals surface area (Å²) in [7, 11) is 1.16. The summed E-state index contributed by atoms with van der Waals surface area (Å²) in [4.78, 5) is 86.8. The van der Waals surface area contributed by atoms with E-state index in [0.29, 0.717) is 11.1 Å². The monoisotopic (exact) mass is 843 g/mol. The number of aliphatic hydroxyl groups is 1. The highest BCUT2D eigenvalue weighted by atomic mass is 16.6. The Bertz CT molecular complexity index is 2450. The molecule has 320 valence electrons. The number of fused-ring (bicyclic) bond motifs is 3. The van der Waals surface area contributed by atoms with E-state index in [-0.39, 0.29) is 47.9 Å². The molecule has 0 saturated carbocycles. The fourth-order valence-electron chi connectivity index (χ4n) is 9.03. The van der Waals surface area contributed by atoms with Gasteiger partial charge in [0, 0.05) is 11.1 Å². The molecule has 0 radical (unpaired) electrons. The summed E-state index contributed by atoms with van der Waals surface area (Å²) in [5, 5.41) is 26.5. The fraction of sp³-hybridized carbons (Fsp3) is 0.304. The second-order valence-corrected chi connectivity index (χ2v) is 15.3. The number of carboxylic acids is 1. The van der Waals surface area contributed by atoms with Crippen LogP contribution in [-0.2, 0) is 34.1 Å². The number of urea groups is 2. The van der Waals surface area contributed by atoms with Crippen LogP contribution in [0.4, 0.5) is 15.3 Å². The smallest absolute Gasteiger partial charge is 0.329 e. The van der Waals surface area contributed by atoms with Crippen LogP contribution in [0.2, 0.25) is 0 Å². The van der Waals surface area contributed by atoms with Gasteiger partial charge >= 0.3 is 30.0 Å². The quantitative estimate of drug-likeness (QED) is 0.108. The number of nitrogens with one attached hydrogen (secondary N) is 2. The number of carbonyl (C=O) groups is 6. The SMILES string of the molecule is COC(=O)C(NC(=O)N1C(=O)C2(c3cc(C#CCNC(N)=O)ccc31)C(C(=O)O)C1C(=O)OC(c3ccccc3)C(c3ccccc3)N1C2c1ccccc1OCCO)C(C)C. The zero-order chi connectivity index (χ0) is 44.3. The van der Waals surface area contributed by atoms with Crippen LogP contribution < -0.4 is 26.0 Å². The molecule has 0 aromatic heterocycles. The minimum atomic E-state index is -2.33. The average Bonchev–Trinajstić information content (AvgIpc) is 3.72. The molecule has 3 aliphatic rings. The molecular weight excluding hydrogens is 799 g/mol. The van der Waals surface area contributed by atoms with Crippen molar-refractivity contribution in [2.45, 2.75) is 49.5 Å². The maximum atomic E-state index is 16.1. The number of carbonyl (C=O) groups excluding carboxylic acids is 5. The van der Waals surface area contributed by atoms with E-state index in [2.05, 4.69) is 22.5 Å². The lowest BCUT2D eigenvalue weighted by atomic mass is 9.65.